The fraction of sp³-hybridized carbons (Fsp3) is 0.0417. The van der Waals surface area contributed by atoms with Gasteiger partial charge in [0, 0.05) is 16.3 Å². The molecule has 1 aliphatic rings. The maximum Gasteiger partial charge on any atom is 0.283 e. The summed E-state index contributed by atoms with van der Waals surface area (Å²) in [7, 11) is 0. The van der Waals surface area contributed by atoms with Crippen molar-refractivity contribution in [3.8, 4) is 0 Å². The third-order valence-electron chi connectivity index (χ3n) is 4.98. The summed E-state index contributed by atoms with van der Waals surface area (Å²) in [4.78, 5) is 39.2. The number of benzene rings is 3. The monoisotopic (exact) mass is 483 g/mol. The number of imide groups is 1. The Morgan fingerprint density at radius 3 is 2.39 bits per heavy atom. The van der Waals surface area contributed by atoms with Crippen molar-refractivity contribution >= 4 is 58.0 Å². The van der Waals surface area contributed by atoms with E-state index in [2.05, 4.69) is 10.6 Å². The molecule has 1 heterocycles. The number of anilines is 3. The lowest BCUT2D eigenvalue weighted by Gasteiger charge is -2.16. The second-order valence-electron chi connectivity index (χ2n) is 7.20. The van der Waals surface area contributed by atoms with Crippen LogP contribution < -0.4 is 15.5 Å². The number of amides is 3. The zero-order valence-electron chi connectivity index (χ0n) is 17.2. The lowest BCUT2D eigenvalue weighted by molar-refractivity contribution is -0.120. The molecule has 0 spiro atoms. The first kappa shape index (κ1) is 22.5. The molecular weight excluding hydrogens is 468 g/mol. The van der Waals surface area contributed by atoms with Gasteiger partial charge in [-0.1, -0.05) is 47.5 Å². The fourth-order valence-electron chi connectivity index (χ4n) is 3.25. The predicted molar refractivity (Wildman–Crippen MR) is 126 cm³/mol. The molecule has 1 aliphatic heterocycles. The molecule has 4 rings (SSSR count). The van der Waals surface area contributed by atoms with Crippen LogP contribution in [0.2, 0.25) is 5.02 Å². The number of halogens is 3. The van der Waals surface area contributed by atoms with Gasteiger partial charge in [0.1, 0.15) is 16.5 Å². The number of hydrogen-bond acceptors (Lipinski definition) is 4. The Morgan fingerprint density at radius 1 is 0.909 bits per heavy atom. The summed E-state index contributed by atoms with van der Waals surface area (Å²) in [6.45, 7) is 1.76. The molecule has 0 aromatic heterocycles. The summed E-state index contributed by atoms with van der Waals surface area (Å²) >= 11 is 12.2. The van der Waals surface area contributed by atoms with Gasteiger partial charge in [0.15, 0.2) is 0 Å². The standard InChI is InChI=1S/C24H16Cl2FN3O3/c1-13-9-10-14(22(31)29-18-8-3-2-7-17(18)27)11-19(13)28-21-20(26)23(32)30(24(21)33)16-6-4-5-15(25)12-16/h2-12,28H,1H3,(H,29,31). The quantitative estimate of drug-likeness (QED) is 0.471. The van der Waals surface area contributed by atoms with Crippen LogP contribution in [0.4, 0.5) is 21.5 Å². The second-order valence-corrected chi connectivity index (χ2v) is 8.02. The van der Waals surface area contributed by atoms with Crippen molar-refractivity contribution in [2.75, 3.05) is 15.5 Å². The molecule has 9 heteroatoms. The Morgan fingerprint density at radius 2 is 1.67 bits per heavy atom. The Bertz CT molecular complexity index is 1340. The molecule has 0 saturated carbocycles. The van der Waals surface area contributed by atoms with Crippen molar-refractivity contribution in [3.63, 3.8) is 0 Å². The fourth-order valence-corrected chi connectivity index (χ4v) is 3.65. The van der Waals surface area contributed by atoms with Crippen LogP contribution in [0.1, 0.15) is 15.9 Å². The molecule has 0 bridgehead atoms. The molecule has 0 unspecified atom stereocenters. The Kier molecular flexibility index (Phi) is 6.18. The predicted octanol–water partition coefficient (Wildman–Crippen LogP) is 5.48. The summed E-state index contributed by atoms with van der Waals surface area (Å²) in [5.41, 5.74) is 1.48. The second kappa shape index (κ2) is 9.05. The maximum absolute atomic E-state index is 13.9. The number of hydrogen-bond donors (Lipinski definition) is 2. The molecule has 6 nitrogen and oxygen atoms in total. The molecule has 2 N–H and O–H groups in total. The smallest absolute Gasteiger partial charge is 0.283 e. The van der Waals surface area contributed by atoms with Crippen molar-refractivity contribution in [1.29, 1.82) is 0 Å². The molecular formula is C24H16Cl2FN3O3. The van der Waals surface area contributed by atoms with E-state index < -0.39 is 23.5 Å². The van der Waals surface area contributed by atoms with E-state index in [0.717, 1.165) is 4.90 Å². The summed E-state index contributed by atoms with van der Waals surface area (Å²) < 4.78 is 13.9. The number of carbonyl (C=O) groups excluding carboxylic acids is 3. The number of aryl methyl sites for hydroxylation is 1. The highest BCUT2D eigenvalue weighted by Crippen LogP contribution is 2.32. The molecule has 0 radical (unpaired) electrons. The van der Waals surface area contributed by atoms with Crippen molar-refractivity contribution in [1.82, 2.24) is 0 Å². The average Bonchev–Trinajstić information content (AvgIpc) is 2.99. The first-order valence-electron chi connectivity index (χ1n) is 9.74. The molecule has 0 aliphatic carbocycles. The SMILES string of the molecule is Cc1ccc(C(=O)Nc2ccccc2F)cc1NC1=C(Cl)C(=O)N(c2cccc(Cl)c2)C1=O. The zero-order chi connectivity index (χ0) is 23.7. The van der Waals surface area contributed by atoms with E-state index in [1.54, 1.807) is 43.3 Å². The average molecular weight is 484 g/mol. The van der Waals surface area contributed by atoms with Gasteiger partial charge >= 0.3 is 0 Å². The van der Waals surface area contributed by atoms with Gasteiger partial charge in [-0.2, -0.15) is 0 Å². The van der Waals surface area contributed by atoms with E-state index in [0.29, 0.717) is 16.3 Å². The van der Waals surface area contributed by atoms with Crippen LogP contribution in [0.3, 0.4) is 0 Å². The molecule has 0 saturated heterocycles. The van der Waals surface area contributed by atoms with E-state index in [1.807, 2.05) is 0 Å². The van der Waals surface area contributed by atoms with E-state index in [1.165, 1.54) is 30.3 Å². The van der Waals surface area contributed by atoms with Crippen LogP contribution >= 0.6 is 23.2 Å². The van der Waals surface area contributed by atoms with Crippen LogP contribution in [0, 0.1) is 12.7 Å². The maximum atomic E-state index is 13.9. The van der Waals surface area contributed by atoms with Gasteiger partial charge in [-0.15, -0.1) is 0 Å². The van der Waals surface area contributed by atoms with E-state index >= 15 is 0 Å². The van der Waals surface area contributed by atoms with Gasteiger partial charge in [0.2, 0.25) is 0 Å². The van der Waals surface area contributed by atoms with E-state index in [-0.39, 0.29) is 27.7 Å². The minimum atomic E-state index is -0.697. The minimum absolute atomic E-state index is 0.0390. The highest BCUT2D eigenvalue weighted by atomic mass is 35.5. The topological polar surface area (TPSA) is 78.5 Å². The molecule has 33 heavy (non-hydrogen) atoms. The number of para-hydroxylation sites is 1. The molecule has 3 aromatic carbocycles. The lowest BCUT2D eigenvalue weighted by atomic mass is 10.1. The molecule has 3 amide bonds. The molecule has 0 atom stereocenters. The van der Waals surface area contributed by atoms with Gasteiger partial charge in [-0.3, -0.25) is 14.4 Å². The van der Waals surface area contributed by atoms with Crippen LogP contribution in [0.15, 0.2) is 77.5 Å². The van der Waals surface area contributed by atoms with Gasteiger partial charge in [0.05, 0.1) is 11.4 Å². The summed E-state index contributed by atoms with van der Waals surface area (Å²) in [5.74, 6) is -2.47. The lowest BCUT2D eigenvalue weighted by Crippen LogP contribution is -2.32. The minimum Gasteiger partial charge on any atom is -0.349 e. The Balaban J connectivity index is 1.60. The highest BCUT2D eigenvalue weighted by molar-refractivity contribution is 6.53. The zero-order valence-corrected chi connectivity index (χ0v) is 18.7. The van der Waals surface area contributed by atoms with Crippen molar-refractivity contribution in [2.45, 2.75) is 6.92 Å². The number of nitrogens with zero attached hydrogens (tertiary/aromatic N) is 1. The highest BCUT2D eigenvalue weighted by Gasteiger charge is 2.39. The first-order valence-corrected chi connectivity index (χ1v) is 10.5. The third-order valence-corrected chi connectivity index (χ3v) is 5.56. The van der Waals surface area contributed by atoms with Gasteiger partial charge in [-0.05, 0) is 55.0 Å². The van der Waals surface area contributed by atoms with Gasteiger partial charge in [-0.25, -0.2) is 9.29 Å². The molecule has 3 aromatic rings. The van der Waals surface area contributed by atoms with Crippen LogP contribution in [0.5, 0.6) is 0 Å². The molecule has 166 valence electrons. The van der Waals surface area contributed by atoms with Crippen LogP contribution in [-0.4, -0.2) is 17.7 Å². The number of nitrogens with one attached hydrogen (secondary N) is 2. The van der Waals surface area contributed by atoms with Crippen LogP contribution in [0.25, 0.3) is 0 Å². The van der Waals surface area contributed by atoms with Crippen LogP contribution in [-0.2, 0) is 9.59 Å². The first-order chi connectivity index (χ1) is 15.8. The summed E-state index contributed by atoms with van der Waals surface area (Å²) in [5, 5.41) is 5.44. The van der Waals surface area contributed by atoms with Gasteiger partial charge < -0.3 is 10.6 Å². The summed E-state index contributed by atoms with van der Waals surface area (Å²) in [6.07, 6.45) is 0. The van der Waals surface area contributed by atoms with Crippen molar-refractivity contribution < 1.29 is 18.8 Å². The third kappa shape index (κ3) is 4.46. The number of rotatable bonds is 5. The van der Waals surface area contributed by atoms with Crippen molar-refractivity contribution in [3.05, 3.63) is 99.4 Å². The Hall–Kier alpha value is -3.68. The Labute approximate surface area is 198 Å². The van der Waals surface area contributed by atoms with E-state index in [4.69, 9.17) is 23.2 Å². The normalized spacial score (nSPS) is 13.5. The summed E-state index contributed by atoms with van der Waals surface area (Å²) in [6, 6.07) is 16.8. The van der Waals surface area contributed by atoms with Crippen molar-refractivity contribution in [2.24, 2.45) is 0 Å². The van der Waals surface area contributed by atoms with Gasteiger partial charge in [0.25, 0.3) is 17.7 Å². The number of carbonyl (C=O) groups is 3. The largest absolute Gasteiger partial charge is 0.349 e. The molecule has 0 fully saturated rings. The van der Waals surface area contributed by atoms with E-state index in [9.17, 15) is 18.8 Å².